The maximum atomic E-state index is 11.7. The van der Waals surface area contributed by atoms with Crippen LogP contribution < -0.4 is 11.1 Å². The first-order chi connectivity index (χ1) is 9.17. The van der Waals surface area contributed by atoms with Crippen LogP contribution >= 0.6 is 0 Å². The van der Waals surface area contributed by atoms with E-state index in [4.69, 9.17) is 5.73 Å². The molecule has 1 unspecified atom stereocenters. The van der Waals surface area contributed by atoms with E-state index < -0.39 is 0 Å². The minimum Gasteiger partial charge on any atom is -0.352 e. The summed E-state index contributed by atoms with van der Waals surface area (Å²) in [5.74, 6) is 6.38. The summed E-state index contributed by atoms with van der Waals surface area (Å²) < 4.78 is 0. The molecule has 0 bridgehead atoms. The standard InChI is InChI=1S/C16H22N2O/c1-3-13(2)11-16(19)18-12-15-8-5-4-7-14(15)9-6-10-17/h4-5,7-8,13H,3,10-12,17H2,1-2H3,(H,18,19). The number of amides is 1. The Morgan fingerprint density at radius 2 is 2.16 bits per heavy atom. The first-order valence-electron chi connectivity index (χ1n) is 6.70. The first kappa shape index (κ1) is 15.3. The molecule has 0 fully saturated rings. The highest BCUT2D eigenvalue weighted by atomic mass is 16.1. The molecule has 1 amide bonds. The summed E-state index contributed by atoms with van der Waals surface area (Å²) in [5.41, 5.74) is 7.33. The molecule has 0 heterocycles. The van der Waals surface area contributed by atoms with E-state index in [0.717, 1.165) is 17.5 Å². The Morgan fingerprint density at radius 3 is 2.84 bits per heavy atom. The summed E-state index contributed by atoms with van der Waals surface area (Å²) in [5, 5.41) is 2.94. The summed E-state index contributed by atoms with van der Waals surface area (Å²) in [7, 11) is 0. The van der Waals surface area contributed by atoms with E-state index >= 15 is 0 Å². The monoisotopic (exact) mass is 258 g/mol. The molecular formula is C16H22N2O. The van der Waals surface area contributed by atoms with E-state index in [9.17, 15) is 4.79 Å². The highest BCUT2D eigenvalue weighted by Gasteiger charge is 2.07. The summed E-state index contributed by atoms with van der Waals surface area (Å²) in [6.07, 6.45) is 1.60. The van der Waals surface area contributed by atoms with Gasteiger partial charge >= 0.3 is 0 Å². The largest absolute Gasteiger partial charge is 0.352 e. The van der Waals surface area contributed by atoms with Crippen LogP contribution in [0.5, 0.6) is 0 Å². The zero-order valence-electron chi connectivity index (χ0n) is 11.7. The molecule has 0 aromatic heterocycles. The van der Waals surface area contributed by atoms with Gasteiger partial charge in [-0.2, -0.15) is 0 Å². The number of carbonyl (C=O) groups is 1. The van der Waals surface area contributed by atoms with Gasteiger partial charge in [0.25, 0.3) is 0 Å². The highest BCUT2D eigenvalue weighted by Crippen LogP contribution is 2.09. The van der Waals surface area contributed by atoms with Crippen molar-refractivity contribution >= 4 is 5.91 Å². The van der Waals surface area contributed by atoms with Crippen LogP contribution in [-0.2, 0) is 11.3 Å². The fourth-order valence-corrected chi connectivity index (χ4v) is 1.67. The molecule has 3 N–H and O–H groups in total. The Hall–Kier alpha value is -1.79. The first-order valence-corrected chi connectivity index (χ1v) is 6.70. The predicted octanol–water partition coefficient (Wildman–Crippen LogP) is 2.05. The van der Waals surface area contributed by atoms with Crippen LogP contribution in [-0.4, -0.2) is 12.5 Å². The Kier molecular flexibility index (Phi) is 6.70. The molecule has 102 valence electrons. The van der Waals surface area contributed by atoms with Gasteiger partial charge in [0.1, 0.15) is 0 Å². The van der Waals surface area contributed by atoms with Crippen LogP contribution in [0, 0.1) is 17.8 Å². The fourth-order valence-electron chi connectivity index (χ4n) is 1.67. The van der Waals surface area contributed by atoms with Crippen molar-refractivity contribution in [3.63, 3.8) is 0 Å². The second-order valence-electron chi connectivity index (χ2n) is 4.66. The fraction of sp³-hybridized carbons (Fsp3) is 0.438. The van der Waals surface area contributed by atoms with Crippen LogP contribution in [0.3, 0.4) is 0 Å². The summed E-state index contributed by atoms with van der Waals surface area (Å²) >= 11 is 0. The average molecular weight is 258 g/mol. The van der Waals surface area contributed by atoms with E-state index in [-0.39, 0.29) is 5.91 Å². The van der Waals surface area contributed by atoms with Crippen molar-refractivity contribution < 1.29 is 4.79 Å². The number of nitrogens with two attached hydrogens (primary N) is 1. The van der Waals surface area contributed by atoms with Gasteiger partial charge in [0, 0.05) is 18.5 Å². The van der Waals surface area contributed by atoms with Crippen molar-refractivity contribution in [2.24, 2.45) is 11.7 Å². The van der Waals surface area contributed by atoms with Gasteiger partial charge in [0.2, 0.25) is 5.91 Å². The lowest BCUT2D eigenvalue weighted by Crippen LogP contribution is -2.24. The van der Waals surface area contributed by atoms with Crippen molar-refractivity contribution in [2.75, 3.05) is 6.54 Å². The molecule has 0 saturated carbocycles. The van der Waals surface area contributed by atoms with Gasteiger partial charge in [-0.05, 0) is 17.5 Å². The molecule has 1 rings (SSSR count). The average Bonchev–Trinajstić information content (AvgIpc) is 2.43. The number of rotatable bonds is 5. The quantitative estimate of drug-likeness (QED) is 0.794. The SMILES string of the molecule is CCC(C)CC(=O)NCc1ccccc1C#CCN. The van der Waals surface area contributed by atoms with Crippen LogP contribution in [0.2, 0.25) is 0 Å². The van der Waals surface area contributed by atoms with Crippen LogP contribution in [0.15, 0.2) is 24.3 Å². The molecule has 0 spiro atoms. The number of hydrogen-bond donors (Lipinski definition) is 2. The second-order valence-corrected chi connectivity index (χ2v) is 4.66. The zero-order valence-corrected chi connectivity index (χ0v) is 11.7. The van der Waals surface area contributed by atoms with E-state index in [0.29, 0.717) is 25.4 Å². The molecule has 19 heavy (non-hydrogen) atoms. The summed E-state index contributed by atoms with van der Waals surface area (Å²) in [6.45, 7) is 5.04. The lowest BCUT2D eigenvalue weighted by molar-refractivity contribution is -0.122. The Morgan fingerprint density at radius 1 is 1.42 bits per heavy atom. The van der Waals surface area contributed by atoms with Crippen LogP contribution in [0.25, 0.3) is 0 Å². The van der Waals surface area contributed by atoms with Crippen LogP contribution in [0.1, 0.15) is 37.8 Å². The zero-order chi connectivity index (χ0) is 14.1. The van der Waals surface area contributed by atoms with Crippen molar-refractivity contribution in [2.45, 2.75) is 33.2 Å². The van der Waals surface area contributed by atoms with Crippen molar-refractivity contribution in [1.29, 1.82) is 0 Å². The number of benzene rings is 1. The van der Waals surface area contributed by atoms with Gasteiger partial charge in [-0.15, -0.1) is 0 Å². The van der Waals surface area contributed by atoms with Gasteiger partial charge < -0.3 is 11.1 Å². The number of carbonyl (C=O) groups excluding carboxylic acids is 1. The Labute approximate surface area is 115 Å². The normalized spacial score (nSPS) is 11.3. The molecule has 0 radical (unpaired) electrons. The molecular weight excluding hydrogens is 236 g/mol. The minimum atomic E-state index is 0.0935. The van der Waals surface area contributed by atoms with E-state index in [1.807, 2.05) is 24.3 Å². The second kappa shape index (κ2) is 8.34. The molecule has 0 aliphatic rings. The third-order valence-corrected chi connectivity index (χ3v) is 3.05. The van der Waals surface area contributed by atoms with Gasteiger partial charge in [0.05, 0.1) is 6.54 Å². The van der Waals surface area contributed by atoms with E-state index in [1.54, 1.807) is 0 Å². The summed E-state index contributed by atoms with van der Waals surface area (Å²) in [6, 6.07) is 7.80. The van der Waals surface area contributed by atoms with Gasteiger partial charge in [-0.3, -0.25) is 4.79 Å². The van der Waals surface area contributed by atoms with Gasteiger partial charge in [-0.25, -0.2) is 0 Å². The molecule has 1 aromatic rings. The topological polar surface area (TPSA) is 55.1 Å². The molecule has 0 aliphatic carbocycles. The van der Waals surface area contributed by atoms with Crippen molar-refractivity contribution in [3.8, 4) is 11.8 Å². The summed E-state index contributed by atoms with van der Waals surface area (Å²) in [4.78, 5) is 11.7. The maximum Gasteiger partial charge on any atom is 0.220 e. The predicted molar refractivity (Wildman–Crippen MR) is 78.3 cm³/mol. The van der Waals surface area contributed by atoms with Gasteiger partial charge in [0.15, 0.2) is 0 Å². The minimum absolute atomic E-state index is 0.0935. The lowest BCUT2D eigenvalue weighted by atomic mass is 10.0. The van der Waals surface area contributed by atoms with E-state index in [2.05, 4.69) is 31.0 Å². The Balaban J connectivity index is 2.60. The molecule has 3 heteroatoms. The number of hydrogen-bond acceptors (Lipinski definition) is 2. The third kappa shape index (κ3) is 5.58. The molecule has 1 atom stereocenters. The van der Waals surface area contributed by atoms with Crippen molar-refractivity contribution in [1.82, 2.24) is 5.32 Å². The van der Waals surface area contributed by atoms with Gasteiger partial charge in [-0.1, -0.05) is 50.3 Å². The maximum absolute atomic E-state index is 11.7. The third-order valence-electron chi connectivity index (χ3n) is 3.05. The van der Waals surface area contributed by atoms with Crippen molar-refractivity contribution in [3.05, 3.63) is 35.4 Å². The molecule has 1 aromatic carbocycles. The highest BCUT2D eigenvalue weighted by molar-refractivity contribution is 5.76. The molecule has 0 saturated heterocycles. The lowest BCUT2D eigenvalue weighted by Gasteiger charge is -2.10. The molecule has 3 nitrogen and oxygen atoms in total. The number of nitrogens with one attached hydrogen (secondary N) is 1. The Bertz CT molecular complexity index is 471. The molecule has 0 aliphatic heterocycles. The smallest absolute Gasteiger partial charge is 0.220 e. The van der Waals surface area contributed by atoms with Crippen LogP contribution in [0.4, 0.5) is 0 Å². The van der Waals surface area contributed by atoms with E-state index in [1.165, 1.54) is 0 Å².